The van der Waals surface area contributed by atoms with Crippen LogP contribution in [0.5, 0.6) is 0 Å². The Kier molecular flexibility index (Phi) is 6.29. The Balaban J connectivity index is 1.39. The number of hydrogen-bond acceptors (Lipinski definition) is 4. The zero-order chi connectivity index (χ0) is 17.5. The molecule has 0 saturated heterocycles. The molecular formula is C18H31N5O2. The van der Waals surface area contributed by atoms with Gasteiger partial charge in [0.05, 0.1) is 0 Å². The van der Waals surface area contributed by atoms with E-state index in [9.17, 15) is 4.79 Å². The minimum Gasteiger partial charge on any atom is -0.385 e. The zero-order valence-electron chi connectivity index (χ0n) is 15.4. The van der Waals surface area contributed by atoms with E-state index < -0.39 is 0 Å². The molecule has 140 valence electrons. The van der Waals surface area contributed by atoms with E-state index in [4.69, 9.17) is 4.74 Å². The SMILES string of the molecule is COCCC1(CNC(=O)NCCc2nnc3n2CCCCC3)CCC1. The topological polar surface area (TPSA) is 81.1 Å². The molecule has 1 aromatic heterocycles. The first-order valence-corrected chi connectivity index (χ1v) is 9.64. The molecule has 2 heterocycles. The predicted molar refractivity (Wildman–Crippen MR) is 95.5 cm³/mol. The van der Waals surface area contributed by atoms with Crippen LogP contribution >= 0.6 is 0 Å². The molecule has 1 aromatic rings. The van der Waals surface area contributed by atoms with Crippen LogP contribution in [0.25, 0.3) is 0 Å². The standard InChI is InChI=1S/C18H31N5O2/c1-25-13-10-18(8-5-9-18)14-20-17(24)19-11-7-16-22-21-15-6-3-2-4-12-23(15)16/h2-14H2,1H3,(H2,19,20,24). The van der Waals surface area contributed by atoms with Crippen LogP contribution in [0.15, 0.2) is 0 Å². The third kappa shape index (κ3) is 4.71. The zero-order valence-corrected chi connectivity index (χ0v) is 15.4. The van der Waals surface area contributed by atoms with E-state index >= 15 is 0 Å². The molecule has 7 heteroatoms. The molecule has 2 amide bonds. The lowest BCUT2D eigenvalue weighted by molar-refractivity contribution is 0.0712. The lowest BCUT2D eigenvalue weighted by Gasteiger charge is -2.42. The average Bonchev–Trinajstić information content (AvgIpc) is 2.80. The molecule has 0 bridgehead atoms. The monoisotopic (exact) mass is 349 g/mol. The fourth-order valence-corrected chi connectivity index (χ4v) is 3.86. The Morgan fingerprint density at radius 2 is 2.08 bits per heavy atom. The summed E-state index contributed by atoms with van der Waals surface area (Å²) >= 11 is 0. The van der Waals surface area contributed by atoms with Gasteiger partial charge in [0.15, 0.2) is 0 Å². The summed E-state index contributed by atoms with van der Waals surface area (Å²) in [5, 5.41) is 14.6. The van der Waals surface area contributed by atoms with Gasteiger partial charge < -0.3 is 19.9 Å². The first-order valence-electron chi connectivity index (χ1n) is 9.64. The Morgan fingerprint density at radius 3 is 2.84 bits per heavy atom. The van der Waals surface area contributed by atoms with Gasteiger partial charge in [0.2, 0.25) is 0 Å². The number of aromatic nitrogens is 3. The van der Waals surface area contributed by atoms with E-state index in [-0.39, 0.29) is 11.4 Å². The highest BCUT2D eigenvalue weighted by atomic mass is 16.5. The van der Waals surface area contributed by atoms with Crippen molar-refractivity contribution in [3.63, 3.8) is 0 Å². The van der Waals surface area contributed by atoms with Gasteiger partial charge in [0, 0.05) is 46.2 Å². The second-order valence-corrected chi connectivity index (χ2v) is 7.45. The van der Waals surface area contributed by atoms with Crippen molar-refractivity contribution in [2.75, 3.05) is 26.8 Å². The van der Waals surface area contributed by atoms with E-state index in [1.54, 1.807) is 7.11 Å². The summed E-state index contributed by atoms with van der Waals surface area (Å²) in [5.74, 6) is 2.09. The van der Waals surface area contributed by atoms with Gasteiger partial charge >= 0.3 is 6.03 Å². The van der Waals surface area contributed by atoms with Crippen LogP contribution in [0.1, 0.15) is 56.6 Å². The van der Waals surface area contributed by atoms with Crippen LogP contribution in [-0.2, 0) is 24.1 Å². The minimum atomic E-state index is -0.0840. The number of hydrogen-bond donors (Lipinski definition) is 2. The maximum Gasteiger partial charge on any atom is 0.314 e. The third-order valence-electron chi connectivity index (χ3n) is 5.69. The van der Waals surface area contributed by atoms with Crippen LogP contribution in [0, 0.1) is 5.41 Å². The van der Waals surface area contributed by atoms with Crippen molar-refractivity contribution in [3.05, 3.63) is 11.6 Å². The normalized spacial score (nSPS) is 18.8. The summed E-state index contributed by atoms with van der Waals surface area (Å²) in [6.45, 7) is 3.10. The molecule has 0 atom stereocenters. The van der Waals surface area contributed by atoms with Gasteiger partial charge in [-0.05, 0) is 37.5 Å². The van der Waals surface area contributed by atoms with Crippen LogP contribution in [-0.4, -0.2) is 47.6 Å². The molecule has 25 heavy (non-hydrogen) atoms. The number of fused-ring (bicyclic) bond motifs is 1. The van der Waals surface area contributed by atoms with E-state index in [1.807, 2.05) is 0 Å². The maximum absolute atomic E-state index is 12.1. The molecule has 2 aliphatic rings. The Bertz CT molecular complexity index is 568. The number of nitrogens with zero attached hydrogens (tertiary/aromatic N) is 3. The van der Waals surface area contributed by atoms with Crippen molar-refractivity contribution in [1.82, 2.24) is 25.4 Å². The molecular weight excluding hydrogens is 318 g/mol. The second kappa shape index (κ2) is 8.65. The Hall–Kier alpha value is -1.63. The van der Waals surface area contributed by atoms with Crippen molar-refractivity contribution < 1.29 is 9.53 Å². The number of carbonyl (C=O) groups is 1. The van der Waals surface area contributed by atoms with E-state index in [1.165, 1.54) is 38.5 Å². The van der Waals surface area contributed by atoms with Crippen LogP contribution in [0.4, 0.5) is 4.79 Å². The van der Waals surface area contributed by atoms with Crippen molar-refractivity contribution in [2.45, 2.75) is 64.3 Å². The van der Waals surface area contributed by atoms with E-state index in [2.05, 4.69) is 25.4 Å². The number of aryl methyl sites for hydroxylation is 1. The molecule has 0 spiro atoms. The van der Waals surface area contributed by atoms with E-state index in [0.717, 1.165) is 50.6 Å². The maximum atomic E-state index is 12.1. The summed E-state index contributed by atoms with van der Waals surface area (Å²) in [4.78, 5) is 12.1. The first kappa shape index (κ1) is 18.2. The molecule has 3 rings (SSSR count). The molecule has 1 aliphatic carbocycles. The molecule has 0 unspecified atom stereocenters. The van der Waals surface area contributed by atoms with Gasteiger partial charge in [-0.15, -0.1) is 10.2 Å². The second-order valence-electron chi connectivity index (χ2n) is 7.45. The Labute approximate surface area is 149 Å². The third-order valence-corrected chi connectivity index (χ3v) is 5.69. The molecule has 1 aliphatic heterocycles. The fraction of sp³-hybridized carbons (Fsp3) is 0.833. The minimum absolute atomic E-state index is 0.0840. The molecule has 0 radical (unpaired) electrons. The highest BCUT2D eigenvalue weighted by molar-refractivity contribution is 5.73. The van der Waals surface area contributed by atoms with Crippen LogP contribution in [0.2, 0.25) is 0 Å². The van der Waals surface area contributed by atoms with Crippen molar-refractivity contribution >= 4 is 6.03 Å². The van der Waals surface area contributed by atoms with E-state index in [0.29, 0.717) is 6.54 Å². The highest BCUT2D eigenvalue weighted by Gasteiger charge is 2.36. The van der Waals surface area contributed by atoms with Gasteiger partial charge in [-0.25, -0.2) is 4.79 Å². The smallest absolute Gasteiger partial charge is 0.314 e. The molecule has 7 nitrogen and oxygen atoms in total. The van der Waals surface area contributed by atoms with Crippen LogP contribution in [0.3, 0.4) is 0 Å². The summed E-state index contributed by atoms with van der Waals surface area (Å²) in [7, 11) is 1.73. The van der Waals surface area contributed by atoms with Gasteiger partial charge in [-0.3, -0.25) is 0 Å². The molecule has 0 aromatic carbocycles. The molecule has 1 fully saturated rings. The molecule has 2 N–H and O–H groups in total. The quantitative estimate of drug-likeness (QED) is 0.753. The predicted octanol–water partition coefficient (Wildman–Crippen LogP) is 2.05. The number of nitrogens with one attached hydrogen (secondary N) is 2. The highest BCUT2D eigenvalue weighted by Crippen LogP contribution is 2.43. The summed E-state index contributed by atoms with van der Waals surface area (Å²) in [6, 6.07) is -0.0840. The van der Waals surface area contributed by atoms with Crippen LogP contribution < -0.4 is 10.6 Å². The van der Waals surface area contributed by atoms with Gasteiger partial charge in [-0.2, -0.15) is 0 Å². The number of ether oxygens (including phenoxy) is 1. The number of methoxy groups -OCH3 is 1. The summed E-state index contributed by atoms with van der Waals surface area (Å²) < 4.78 is 7.43. The van der Waals surface area contributed by atoms with Gasteiger partial charge in [0.25, 0.3) is 0 Å². The van der Waals surface area contributed by atoms with Crippen molar-refractivity contribution in [3.8, 4) is 0 Å². The van der Waals surface area contributed by atoms with Crippen molar-refractivity contribution in [2.24, 2.45) is 5.41 Å². The lowest BCUT2D eigenvalue weighted by atomic mass is 9.67. The van der Waals surface area contributed by atoms with Crippen molar-refractivity contribution in [1.29, 1.82) is 0 Å². The number of amides is 2. The first-order chi connectivity index (χ1) is 12.2. The Morgan fingerprint density at radius 1 is 1.20 bits per heavy atom. The lowest BCUT2D eigenvalue weighted by Crippen LogP contribution is -2.46. The number of urea groups is 1. The fourth-order valence-electron chi connectivity index (χ4n) is 3.86. The largest absolute Gasteiger partial charge is 0.385 e. The average molecular weight is 349 g/mol. The molecule has 1 saturated carbocycles. The summed E-state index contributed by atoms with van der Waals surface area (Å²) in [6.07, 6.45) is 10.0. The van der Waals surface area contributed by atoms with Gasteiger partial charge in [-0.1, -0.05) is 12.8 Å². The van der Waals surface area contributed by atoms with Gasteiger partial charge in [0.1, 0.15) is 11.6 Å². The number of carbonyl (C=O) groups excluding carboxylic acids is 1. The summed E-state index contributed by atoms with van der Waals surface area (Å²) in [5.41, 5.74) is 0.248. The number of rotatable bonds is 8.